The number of carbonyl (C=O) groups is 3. The summed E-state index contributed by atoms with van der Waals surface area (Å²) in [7, 11) is -1.36. The smallest absolute Gasteiger partial charge is 0.453 e. The molecule has 8 rings (SSSR count). The second-order valence-corrected chi connectivity index (χ2v) is 25.7. The molecule has 0 bridgehead atoms. The number of ketones is 2. The fraction of sp³-hybridized carbons (Fsp3) is 0.683. The number of carbonyl (C=O) groups excluding carboxylic acids is 3. The Morgan fingerprint density at radius 1 is 0.947 bits per heavy atom. The lowest BCUT2D eigenvalue weighted by Crippen LogP contribution is -2.64. The quantitative estimate of drug-likeness (QED) is 0.0258. The molecule has 16 heteroatoms. The molecule has 1 aliphatic heterocycles. The van der Waals surface area contributed by atoms with E-state index < -0.39 is 67.5 Å². The van der Waals surface area contributed by atoms with Crippen LogP contribution in [0.1, 0.15) is 147 Å². The highest BCUT2D eigenvalue weighted by molar-refractivity contribution is 7.46. The highest BCUT2D eigenvalue weighted by atomic mass is 31.2. The second-order valence-electron chi connectivity index (χ2n) is 24.5. The number of allylic oxidation sites excluding steroid dienone is 4. The molecule has 5 aliphatic carbocycles. The second kappa shape index (κ2) is 24.8. The van der Waals surface area contributed by atoms with Crippen molar-refractivity contribution in [2.24, 2.45) is 40.4 Å². The largest absolute Gasteiger partial charge is 0.524 e. The van der Waals surface area contributed by atoms with Gasteiger partial charge in [0.05, 0.1) is 32.4 Å². The summed E-state index contributed by atoms with van der Waals surface area (Å²) in [4.78, 5) is 62.3. The molecule has 2 aromatic carbocycles. The van der Waals surface area contributed by atoms with E-state index in [4.69, 9.17) is 23.5 Å². The van der Waals surface area contributed by atoms with Crippen LogP contribution in [0.4, 0.5) is 0 Å². The monoisotopic (exact) mass is 1080 g/mol. The minimum atomic E-state index is -5.00. The maximum absolute atomic E-state index is 15.3. The molecule has 6 aliphatic rings. The predicted octanol–water partition coefficient (Wildman–Crippen LogP) is 9.04. The van der Waals surface area contributed by atoms with Gasteiger partial charge >= 0.3 is 13.8 Å². The predicted molar refractivity (Wildman–Crippen MR) is 288 cm³/mol. The number of rotatable bonds is 26. The number of nitrogens with one attached hydrogen (secondary N) is 1. The normalized spacial score (nSPS) is 30.2. The topological polar surface area (TPSA) is 207 Å². The minimum absolute atomic E-state index is 0.0305. The first kappa shape index (κ1) is 58.5. The molecule has 420 valence electrons. The molecule has 15 nitrogen and oxygen atoms in total. The molecule has 0 spiro atoms. The highest BCUT2D eigenvalue weighted by Gasteiger charge is 2.76. The lowest BCUT2D eigenvalue weighted by molar-refractivity contribution is -0.923. The van der Waals surface area contributed by atoms with Gasteiger partial charge in [-0.2, -0.15) is 0 Å². The van der Waals surface area contributed by atoms with Gasteiger partial charge in [-0.05, 0) is 124 Å². The van der Waals surface area contributed by atoms with Crippen molar-refractivity contribution in [2.45, 2.75) is 173 Å². The number of aryl methyl sites for hydroxylation is 1. The molecule has 5 N–H and O–H groups in total. The van der Waals surface area contributed by atoms with Crippen LogP contribution in [-0.4, -0.2) is 119 Å². The molecule has 0 aromatic heterocycles. The Bertz CT molecular complexity index is 2440. The van der Waals surface area contributed by atoms with Crippen molar-refractivity contribution in [3.63, 3.8) is 0 Å². The Hall–Kier alpha value is -3.60. The summed E-state index contributed by atoms with van der Waals surface area (Å²) >= 11 is 0. The summed E-state index contributed by atoms with van der Waals surface area (Å²) in [6, 6.07) is 14.3. The summed E-state index contributed by atoms with van der Waals surface area (Å²) in [5.74, 6) is -1.46. The first-order valence-corrected chi connectivity index (χ1v) is 30.1. The summed E-state index contributed by atoms with van der Waals surface area (Å²) in [6.07, 6.45) is 17.1. The van der Waals surface area contributed by atoms with E-state index in [2.05, 4.69) is 43.4 Å². The third kappa shape index (κ3) is 12.9. The van der Waals surface area contributed by atoms with Crippen LogP contribution in [0, 0.1) is 40.4 Å². The molecular formula is C60H88N2O13P+. The average molecular weight is 1080 g/mol. The van der Waals surface area contributed by atoms with Crippen molar-refractivity contribution >= 4 is 25.4 Å². The maximum atomic E-state index is 15.3. The first-order chi connectivity index (χ1) is 36.2. The average Bonchev–Trinajstić information content (AvgIpc) is 3.96. The van der Waals surface area contributed by atoms with Crippen molar-refractivity contribution < 1.29 is 66.9 Å². The Labute approximate surface area is 451 Å². The van der Waals surface area contributed by atoms with Gasteiger partial charge in [-0.3, -0.25) is 19.4 Å². The molecule has 76 heavy (non-hydrogen) atoms. The van der Waals surface area contributed by atoms with Gasteiger partial charge in [-0.15, -0.1) is 0 Å². The van der Waals surface area contributed by atoms with Gasteiger partial charge in [0, 0.05) is 53.9 Å². The van der Waals surface area contributed by atoms with Crippen molar-refractivity contribution in [3.05, 3.63) is 89.0 Å². The van der Waals surface area contributed by atoms with E-state index in [9.17, 15) is 34.2 Å². The zero-order valence-electron chi connectivity index (χ0n) is 46.0. The fourth-order valence-corrected chi connectivity index (χ4v) is 15.5. The van der Waals surface area contributed by atoms with Crippen LogP contribution in [0.15, 0.2) is 72.3 Å². The summed E-state index contributed by atoms with van der Waals surface area (Å²) < 4.78 is 43.4. The third-order valence-electron chi connectivity index (χ3n) is 18.5. The van der Waals surface area contributed by atoms with E-state index in [1.807, 2.05) is 40.1 Å². The standard InChI is InChI=1S/C60H87N2O13P/c1-40(2)55(62(5,6)38-44-33-43(24-27-51(44)75-76(68,69)70)50(65)37-61-30-16-7-8-17-31-71-32-18-15-21-41-19-11-9-12-20-41)56(67)72-39-52(66)60-53(73-57(74-60)42-22-13-10-14-23-42)35-48-47-26-25-45-34-46(63)28-29-58(45,3)54(47)49(64)36-59(48,60)4/h9,11-12,19-20,24,27-29,33-34,40,42,47-50,53-55,57,61,64-65H,7-8,10,13-18,21-23,25-26,30-32,35-39H2,1-6H3,(H-,68,69,70)/p+1/t47-,48-,49-,50?,53+,54+,55-,57+,58-,59-,60+/m0/s1. The number of hydrogen-bond donors (Lipinski definition) is 5. The summed E-state index contributed by atoms with van der Waals surface area (Å²) in [6.45, 7) is 9.95. The summed E-state index contributed by atoms with van der Waals surface area (Å²) in [5, 5.41) is 27.0. The van der Waals surface area contributed by atoms with Crippen LogP contribution in [-0.2, 0) is 50.9 Å². The van der Waals surface area contributed by atoms with Crippen molar-refractivity contribution in [1.82, 2.24) is 5.32 Å². The molecule has 0 amide bonds. The van der Waals surface area contributed by atoms with E-state index in [0.717, 1.165) is 109 Å². The maximum Gasteiger partial charge on any atom is 0.524 e. The first-order valence-electron chi connectivity index (χ1n) is 28.5. The minimum Gasteiger partial charge on any atom is -0.453 e. The van der Waals surface area contributed by atoms with Crippen molar-refractivity contribution in [1.29, 1.82) is 0 Å². The van der Waals surface area contributed by atoms with Crippen molar-refractivity contribution in [2.75, 3.05) is 47.0 Å². The molecule has 4 saturated carbocycles. The van der Waals surface area contributed by atoms with Crippen LogP contribution in [0.2, 0.25) is 0 Å². The number of esters is 1. The van der Waals surface area contributed by atoms with Gasteiger partial charge < -0.3 is 43.5 Å². The number of phosphoric ester groups is 1. The van der Waals surface area contributed by atoms with Crippen LogP contribution >= 0.6 is 7.82 Å². The van der Waals surface area contributed by atoms with Crippen LogP contribution < -0.4 is 9.84 Å². The number of aliphatic hydroxyl groups excluding tert-OH is 2. The SMILES string of the molecule is CC(C)[C@@H](C(=O)OCC(=O)[C@@]12O[C@H](C3CCCCC3)O[C@@H]1C[C@H]1[C@@H]3CCC4=CC(=O)C=C[C@]4(C)[C@H]3[C@@H](O)C[C@@]12C)[N+](C)(C)Cc1cc(C(O)CNCCCCCCOCCCCc2ccccc2)ccc1OP(=O)(O)O. The number of benzene rings is 2. The van der Waals surface area contributed by atoms with E-state index in [1.165, 1.54) is 11.6 Å². The number of likely N-dealkylation sites (N-methyl/N-ethyl adjacent to an activating group) is 1. The molecule has 1 saturated heterocycles. The van der Waals surface area contributed by atoms with Gasteiger partial charge in [0.1, 0.15) is 12.3 Å². The summed E-state index contributed by atoms with van der Waals surface area (Å²) in [5.41, 5.74) is 0.485. The molecule has 5 fully saturated rings. The Morgan fingerprint density at radius 3 is 2.39 bits per heavy atom. The van der Waals surface area contributed by atoms with Gasteiger partial charge in [0.2, 0.25) is 5.78 Å². The number of unbranched alkanes of at least 4 members (excludes halogenated alkanes) is 4. The Balaban J connectivity index is 0.895. The number of fused-ring (bicyclic) bond motifs is 7. The zero-order chi connectivity index (χ0) is 54.5. The fourth-order valence-electron chi connectivity index (χ4n) is 15.0. The van der Waals surface area contributed by atoms with Crippen LogP contribution in [0.25, 0.3) is 0 Å². The molecule has 11 atom stereocenters. The Kier molecular flexibility index (Phi) is 19.1. The number of aliphatic hydroxyl groups is 2. The molecule has 0 radical (unpaired) electrons. The molecule has 1 heterocycles. The highest BCUT2D eigenvalue weighted by Crippen LogP contribution is 2.70. The van der Waals surface area contributed by atoms with Gasteiger partial charge in [0.25, 0.3) is 0 Å². The molecular weight excluding hydrogens is 988 g/mol. The lowest BCUT2D eigenvalue weighted by atomic mass is 9.46. The van der Waals surface area contributed by atoms with Gasteiger partial charge in [-0.1, -0.05) is 108 Å². The molecule has 1 unspecified atom stereocenters. The van der Waals surface area contributed by atoms with Crippen molar-refractivity contribution in [3.8, 4) is 5.75 Å². The van der Waals surface area contributed by atoms with Gasteiger partial charge in [0.15, 0.2) is 30.3 Å². The van der Waals surface area contributed by atoms with Crippen LogP contribution in [0.3, 0.4) is 0 Å². The lowest BCUT2D eigenvalue weighted by Gasteiger charge is -2.59. The number of quaternary nitrogens is 1. The number of ether oxygens (including phenoxy) is 4. The van der Waals surface area contributed by atoms with E-state index in [1.54, 1.807) is 24.3 Å². The van der Waals surface area contributed by atoms with E-state index in [0.29, 0.717) is 24.1 Å². The Morgan fingerprint density at radius 2 is 1.67 bits per heavy atom. The number of phosphoric acid groups is 1. The van der Waals surface area contributed by atoms with E-state index in [-0.39, 0.29) is 70.9 Å². The van der Waals surface area contributed by atoms with Gasteiger partial charge in [-0.25, -0.2) is 9.36 Å². The number of Topliss-reactive ketones (excluding diaryl/α,β-unsaturated/α-hetero) is 1. The van der Waals surface area contributed by atoms with Crippen LogP contribution in [0.5, 0.6) is 5.75 Å². The zero-order valence-corrected chi connectivity index (χ0v) is 46.9. The molecule has 2 aromatic rings. The third-order valence-corrected chi connectivity index (χ3v) is 19.0. The number of nitrogens with zero attached hydrogens (tertiary/aromatic N) is 1. The van der Waals surface area contributed by atoms with E-state index >= 15 is 4.79 Å². The number of hydrogen-bond acceptors (Lipinski definition) is 12.